The summed E-state index contributed by atoms with van der Waals surface area (Å²) < 4.78 is 0. The summed E-state index contributed by atoms with van der Waals surface area (Å²) in [6, 6.07) is 18.3. The lowest BCUT2D eigenvalue weighted by Gasteiger charge is -2.12. The van der Waals surface area contributed by atoms with Crippen LogP contribution in [-0.2, 0) is 19.2 Å². The summed E-state index contributed by atoms with van der Waals surface area (Å²) >= 11 is 0. The molecule has 4 aromatic heterocycles. The van der Waals surface area contributed by atoms with E-state index in [1.54, 1.807) is 48.8 Å². The average Bonchev–Trinajstić information content (AvgIpc) is 4.16. The number of benzene rings is 2. The highest BCUT2D eigenvalue weighted by Gasteiger charge is 2.44. The first-order valence-corrected chi connectivity index (χ1v) is 19.5. The Morgan fingerprint density at radius 3 is 1.45 bits per heavy atom. The molecule has 4 amide bonds. The number of aryl methyl sites for hydroxylation is 2. The van der Waals surface area contributed by atoms with Crippen LogP contribution in [-0.4, -0.2) is 53.8 Å². The number of amides is 4. The van der Waals surface area contributed by atoms with Crippen molar-refractivity contribution in [2.75, 3.05) is 32.7 Å². The van der Waals surface area contributed by atoms with Crippen molar-refractivity contribution >= 4 is 79.8 Å². The number of aromatic nitrogens is 4. The third-order valence-electron chi connectivity index (χ3n) is 11.5. The van der Waals surface area contributed by atoms with E-state index < -0.39 is 24.0 Å². The fraction of sp³-hybridized carbons (Fsp3) is 0.227. The number of pyridine rings is 4. The van der Waals surface area contributed by atoms with E-state index in [1.807, 2.05) is 26.0 Å². The maximum Gasteiger partial charge on any atom is 0.257 e. The predicted octanol–water partition coefficient (Wildman–Crippen LogP) is 4.54. The molecule has 2 aromatic carbocycles. The van der Waals surface area contributed by atoms with Crippen LogP contribution in [0, 0.1) is 60.2 Å². The highest BCUT2D eigenvalue weighted by molar-refractivity contribution is 6.05. The second-order valence-electron chi connectivity index (χ2n) is 15.8. The van der Waals surface area contributed by atoms with Crippen molar-refractivity contribution in [3.05, 3.63) is 83.2 Å². The van der Waals surface area contributed by atoms with Crippen LogP contribution in [0.25, 0.3) is 44.1 Å². The molecule has 4 aliphatic rings. The third kappa shape index (κ3) is 7.08. The summed E-state index contributed by atoms with van der Waals surface area (Å²) in [5.74, 6) is -1.12. The Balaban J connectivity index is 0.000000158. The normalized spacial score (nSPS) is 21.3. The number of hydrogen-bond acceptors (Lipinski definition) is 14. The Labute approximate surface area is 352 Å². The lowest BCUT2D eigenvalue weighted by atomic mass is 9.98. The van der Waals surface area contributed by atoms with E-state index in [2.05, 4.69) is 53.3 Å². The van der Waals surface area contributed by atoms with E-state index in [4.69, 9.17) is 22.0 Å². The van der Waals surface area contributed by atoms with E-state index in [0.717, 1.165) is 33.0 Å². The summed E-state index contributed by atoms with van der Waals surface area (Å²) in [6.07, 6.45) is 1.78. The quantitative estimate of drug-likeness (QED) is 0.114. The molecule has 6 aromatic rings. The smallest absolute Gasteiger partial charge is 0.257 e. The molecule has 2 aliphatic carbocycles. The molecule has 0 saturated heterocycles. The number of anilines is 6. The largest absolute Gasteiger partial charge is 0.383 e. The molecule has 0 radical (unpaired) electrons. The number of carbonyl (C=O) groups is 4. The zero-order chi connectivity index (χ0) is 43.7. The molecule has 62 heavy (non-hydrogen) atoms. The summed E-state index contributed by atoms with van der Waals surface area (Å²) in [5, 5.41) is 51.6. The SMILES string of the molecule is Cc1cc2c(cc1-c1cc3cc(NC(=O)[C@@H]4C[C@H]4C#N)ncc3c(N)n1)C(O)C(=O)N2.Cc1cc2c(cc1-c1cc3cc(NC(=O)[C@H]4C[C@@H]4C#N)ncc3c(N)n1)C(O)C(=O)N2. The molecule has 2 aliphatic heterocycles. The first-order chi connectivity index (χ1) is 29.7. The number of nitriles is 2. The van der Waals surface area contributed by atoms with Gasteiger partial charge in [-0.25, -0.2) is 19.9 Å². The standard InChI is InChI=1S/2C22H18N6O3/c2*1-9-2-16-14(19(29)22(31)27-16)6-12(9)17-4-10-5-18(25-8-15(10)20(24)26-17)28-21(30)13-3-11(13)7-23/h2*2,4-6,8,11,13,19,29H,3H2,1H3,(H2,24,26)(H,27,31)(H,25,28,30)/t2*11-,13+,19?/m10/s1. The van der Waals surface area contributed by atoms with E-state index in [1.165, 1.54) is 0 Å². The fourth-order valence-electron chi connectivity index (χ4n) is 7.81. The fourth-order valence-corrected chi connectivity index (χ4v) is 7.81. The molecule has 10 N–H and O–H groups in total. The van der Waals surface area contributed by atoms with Gasteiger partial charge in [0.15, 0.2) is 12.2 Å². The molecule has 2 saturated carbocycles. The van der Waals surface area contributed by atoms with Gasteiger partial charge in [0.1, 0.15) is 23.3 Å². The van der Waals surface area contributed by atoms with Crippen molar-refractivity contribution < 1.29 is 29.4 Å². The van der Waals surface area contributed by atoms with Crippen molar-refractivity contribution in [3.8, 4) is 34.7 Å². The van der Waals surface area contributed by atoms with Gasteiger partial charge in [-0.2, -0.15) is 10.5 Å². The molecule has 18 heteroatoms. The molecule has 2 fully saturated rings. The number of carbonyl (C=O) groups excluding carboxylic acids is 4. The van der Waals surface area contributed by atoms with Gasteiger partial charge in [0.25, 0.3) is 11.8 Å². The molecule has 0 spiro atoms. The number of nitrogens with one attached hydrogen (secondary N) is 4. The third-order valence-corrected chi connectivity index (χ3v) is 11.5. The van der Waals surface area contributed by atoms with Crippen molar-refractivity contribution in [3.63, 3.8) is 0 Å². The highest BCUT2D eigenvalue weighted by Crippen LogP contribution is 2.41. The van der Waals surface area contributed by atoms with Gasteiger partial charge in [-0.15, -0.1) is 0 Å². The van der Waals surface area contributed by atoms with Gasteiger partial charge in [-0.1, -0.05) is 0 Å². The van der Waals surface area contributed by atoms with Crippen molar-refractivity contribution in [1.29, 1.82) is 10.5 Å². The van der Waals surface area contributed by atoms with Gasteiger partial charge in [0.2, 0.25) is 11.8 Å². The number of hydrogen-bond donors (Lipinski definition) is 8. The van der Waals surface area contributed by atoms with Crippen molar-refractivity contribution in [2.45, 2.75) is 38.9 Å². The van der Waals surface area contributed by atoms with Crippen LogP contribution in [0.3, 0.4) is 0 Å². The number of rotatable bonds is 6. The summed E-state index contributed by atoms with van der Waals surface area (Å²) in [5.41, 5.74) is 18.8. The summed E-state index contributed by atoms with van der Waals surface area (Å²) in [7, 11) is 0. The van der Waals surface area contributed by atoms with Crippen LogP contribution in [0.4, 0.5) is 34.6 Å². The van der Waals surface area contributed by atoms with Crippen LogP contribution < -0.4 is 32.7 Å². The second-order valence-corrected chi connectivity index (χ2v) is 15.8. The zero-order valence-electron chi connectivity index (χ0n) is 33.0. The van der Waals surface area contributed by atoms with Crippen LogP contribution in [0.1, 0.15) is 47.3 Å². The Hall–Kier alpha value is -8.06. The number of nitrogens with two attached hydrogens (primary N) is 2. The lowest BCUT2D eigenvalue weighted by Crippen LogP contribution is -2.15. The molecule has 6 heterocycles. The van der Waals surface area contributed by atoms with Crippen LogP contribution in [0.5, 0.6) is 0 Å². The van der Waals surface area contributed by atoms with Crippen LogP contribution in [0.2, 0.25) is 0 Å². The molecule has 18 nitrogen and oxygen atoms in total. The van der Waals surface area contributed by atoms with E-state index in [9.17, 15) is 29.4 Å². The number of nitrogens with zero attached hydrogens (tertiary/aromatic N) is 6. The predicted molar refractivity (Wildman–Crippen MR) is 227 cm³/mol. The first-order valence-electron chi connectivity index (χ1n) is 19.5. The van der Waals surface area contributed by atoms with Crippen LogP contribution in [0.15, 0.2) is 60.9 Å². The van der Waals surface area contributed by atoms with E-state index in [0.29, 0.717) is 69.1 Å². The summed E-state index contributed by atoms with van der Waals surface area (Å²) in [6.45, 7) is 3.77. The molecule has 0 bridgehead atoms. The van der Waals surface area contributed by atoms with Gasteiger partial charge < -0.3 is 42.9 Å². The van der Waals surface area contributed by atoms with Gasteiger partial charge >= 0.3 is 0 Å². The molecule has 308 valence electrons. The topological polar surface area (TPSA) is 308 Å². The Kier molecular flexibility index (Phi) is 9.46. The monoisotopic (exact) mass is 828 g/mol. The molecule has 2 unspecified atom stereocenters. The van der Waals surface area contributed by atoms with Gasteiger partial charge in [-0.05, 0) is 97.1 Å². The summed E-state index contributed by atoms with van der Waals surface area (Å²) in [4.78, 5) is 65.5. The maximum absolute atomic E-state index is 12.2. The minimum absolute atomic E-state index is 0.221. The average molecular weight is 829 g/mol. The molecule has 10 rings (SSSR count). The molecule has 6 atom stereocenters. The Bertz CT molecular complexity index is 2860. The van der Waals surface area contributed by atoms with Crippen molar-refractivity contribution in [2.24, 2.45) is 23.7 Å². The highest BCUT2D eigenvalue weighted by atomic mass is 16.3. The number of aliphatic hydroxyl groups excluding tert-OH is 2. The molecular formula is C44H36N12O6. The van der Waals surface area contributed by atoms with Crippen LogP contribution >= 0.6 is 0 Å². The van der Waals surface area contributed by atoms with E-state index >= 15 is 0 Å². The van der Waals surface area contributed by atoms with Gasteiger partial charge in [0.05, 0.1) is 47.2 Å². The second kappa shape index (κ2) is 14.9. The zero-order valence-corrected chi connectivity index (χ0v) is 33.0. The lowest BCUT2D eigenvalue weighted by molar-refractivity contribution is -0.124. The Morgan fingerprint density at radius 1 is 0.677 bits per heavy atom. The van der Waals surface area contributed by atoms with Crippen molar-refractivity contribution in [1.82, 2.24) is 19.9 Å². The number of nitrogen functional groups attached to an aromatic ring is 2. The Morgan fingerprint density at radius 2 is 1.08 bits per heavy atom. The number of aliphatic hydroxyl groups is 2. The van der Waals surface area contributed by atoms with Gasteiger partial charge in [0, 0.05) is 56.8 Å². The minimum atomic E-state index is -1.22. The first kappa shape index (κ1) is 39.4. The minimum Gasteiger partial charge on any atom is -0.383 e. The maximum atomic E-state index is 12.2. The number of fused-ring (bicyclic) bond motifs is 4. The molecular weight excluding hydrogens is 793 g/mol. The van der Waals surface area contributed by atoms with Gasteiger partial charge in [-0.3, -0.25) is 19.2 Å². The van der Waals surface area contributed by atoms with E-state index in [-0.39, 0.29) is 47.1 Å².